The van der Waals surface area contributed by atoms with Crippen LogP contribution in [0.5, 0.6) is 0 Å². The van der Waals surface area contributed by atoms with Crippen LogP contribution in [0.2, 0.25) is 0 Å². The van der Waals surface area contributed by atoms with Crippen LogP contribution in [0.3, 0.4) is 0 Å². The van der Waals surface area contributed by atoms with Crippen LogP contribution >= 0.6 is 15.9 Å². The van der Waals surface area contributed by atoms with Crippen molar-refractivity contribution < 1.29 is 4.74 Å². The maximum absolute atomic E-state index is 5.80. The summed E-state index contributed by atoms with van der Waals surface area (Å²) < 4.78 is 8.18. The van der Waals surface area contributed by atoms with Crippen LogP contribution in [0.25, 0.3) is 11.0 Å². The molecule has 3 rings (SSSR count). The Hall–Kier alpha value is -1.14. The number of fused-ring (bicyclic) bond motifs is 1. The Labute approximate surface area is 94.4 Å². The third-order valence-corrected chi connectivity index (χ3v) is 3.21. The van der Waals surface area contributed by atoms with Crippen molar-refractivity contribution in [2.45, 2.75) is 6.04 Å². The van der Waals surface area contributed by atoms with Crippen molar-refractivity contribution in [3.63, 3.8) is 0 Å². The zero-order valence-corrected chi connectivity index (χ0v) is 9.44. The quantitative estimate of drug-likeness (QED) is 0.848. The summed E-state index contributed by atoms with van der Waals surface area (Å²) >= 11 is 3.47. The van der Waals surface area contributed by atoms with Crippen LogP contribution in [-0.2, 0) is 4.74 Å². The maximum Gasteiger partial charge on any atom is 0.147 e. The third kappa shape index (κ3) is 1.25. The van der Waals surface area contributed by atoms with E-state index in [1.165, 1.54) is 6.33 Å². The molecule has 3 heterocycles. The topological polar surface area (TPSA) is 66.0 Å². The van der Waals surface area contributed by atoms with Crippen molar-refractivity contribution in [3.8, 4) is 0 Å². The number of halogens is 1. The van der Waals surface area contributed by atoms with Crippen LogP contribution in [-0.4, -0.2) is 27.7 Å². The van der Waals surface area contributed by atoms with E-state index in [4.69, 9.17) is 10.5 Å². The van der Waals surface area contributed by atoms with Crippen molar-refractivity contribution in [1.82, 2.24) is 14.5 Å². The van der Waals surface area contributed by atoms with E-state index in [1.807, 2.05) is 6.20 Å². The molecule has 1 aliphatic rings. The number of ether oxygens (including phenoxy) is 1. The van der Waals surface area contributed by atoms with Gasteiger partial charge in [-0.1, -0.05) is 0 Å². The fraction of sp³-hybridized carbons (Fsp3) is 0.333. The van der Waals surface area contributed by atoms with Gasteiger partial charge in [-0.05, 0) is 15.9 Å². The first kappa shape index (κ1) is 9.11. The van der Waals surface area contributed by atoms with Gasteiger partial charge in [0.15, 0.2) is 0 Å². The number of aromatic nitrogens is 3. The molecule has 1 fully saturated rings. The number of nitrogens with zero attached hydrogens (tertiary/aromatic N) is 3. The lowest BCUT2D eigenvalue weighted by molar-refractivity contribution is -0.0216. The van der Waals surface area contributed by atoms with E-state index in [0.29, 0.717) is 11.9 Å². The van der Waals surface area contributed by atoms with E-state index in [9.17, 15) is 0 Å². The summed E-state index contributed by atoms with van der Waals surface area (Å²) in [7, 11) is 0. The highest BCUT2D eigenvalue weighted by Gasteiger charge is 2.24. The number of rotatable bonds is 1. The zero-order chi connectivity index (χ0) is 10.4. The summed E-state index contributed by atoms with van der Waals surface area (Å²) in [5, 5.41) is 0.879. The normalized spacial score (nSPS) is 16.9. The Bertz CT molecular complexity index is 520. The summed E-state index contributed by atoms with van der Waals surface area (Å²) in [5.41, 5.74) is 6.67. The van der Waals surface area contributed by atoms with E-state index in [1.54, 1.807) is 0 Å². The highest BCUT2D eigenvalue weighted by molar-refractivity contribution is 9.10. The summed E-state index contributed by atoms with van der Waals surface area (Å²) in [4.78, 5) is 8.23. The number of hydrogen-bond acceptors (Lipinski definition) is 4. The molecule has 0 amide bonds. The second-order valence-electron chi connectivity index (χ2n) is 3.53. The van der Waals surface area contributed by atoms with Gasteiger partial charge in [-0.25, -0.2) is 9.97 Å². The van der Waals surface area contributed by atoms with E-state index in [0.717, 1.165) is 28.7 Å². The fourth-order valence-corrected chi connectivity index (χ4v) is 2.33. The molecule has 0 aromatic carbocycles. The molecule has 0 saturated carbocycles. The Morgan fingerprint density at radius 1 is 1.47 bits per heavy atom. The van der Waals surface area contributed by atoms with E-state index in [2.05, 4.69) is 30.5 Å². The minimum Gasteiger partial charge on any atom is -0.383 e. The molecule has 0 bridgehead atoms. The molecule has 1 saturated heterocycles. The average molecular weight is 269 g/mol. The minimum absolute atomic E-state index is 0.369. The first-order chi connectivity index (χ1) is 7.27. The van der Waals surface area contributed by atoms with Gasteiger partial charge in [0.2, 0.25) is 0 Å². The molecule has 2 N–H and O–H groups in total. The van der Waals surface area contributed by atoms with E-state index < -0.39 is 0 Å². The highest BCUT2D eigenvalue weighted by Crippen LogP contribution is 2.32. The predicted octanol–water partition coefficient (Wildman–Crippen LogP) is 1.35. The molecule has 15 heavy (non-hydrogen) atoms. The lowest BCUT2D eigenvalue weighted by Gasteiger charge is -2.27. The SMILES string of the molecule is Nc1ncnc2c1c(Br)cn2C1COC1. The molecule has 0 aliphatic carbocycles. The molecule has 1 aliphatic heterocycles. The standard InChI is InChI=1S/C9H9BrN4O/c10-6-1-14(5-2-15-3-5)9-7(6)8(11)12-4-13-9/h1,4-5H,2-3H2,(H2,11,12,13). The lowest BCUT2D eigenvalue weighted by Crippen LogP contribution is -2.30. The van der Waals surface area contributed by atoms with Gasteiger partial charge >= 0.3 is 0 Å². The van der Waals surface area contributed by atoms with Gasteiger partial charge < -0.3 is 15.0 Å². The van der Waals surface area contributed by atoms with Gasteiger partial charge in [-0.3, -0.25) is 0 Å². The molecular formula is C9H9BrN4O. The number of nitrogens with two attached hydrogens (primary N) is 1. The Kier molecular flexibility index (Phi) is 1.93. The lowest BCUT2D eigenvalue weighted by atomic mass is 10.2. The molecule has 6 heteroatoms. The summed E-state index contributed by atoms with van der Waals surface area (Å²) in [6.07, 6.45) is 3.48. The van der Waals surface area contributed by atoms with Gasteiger partial charge in [0.05, 0.1) is 24.6 Å². The second kappa shape index (κ2) is 3.18. The highest BCUT2D eigenvalue weighted by atomic mass is 79.9. The van der Waals surface area contributed by atoms with Gasteiger partial charge in [0.1, 0.15) is 17.8 Å². The van der Waals surface area contributed by atoms with Crippen molar-refractivity contribution >= 4 is 32.8 Å². The van der Waals surface area contributed by atoms with E-state index >= 15 is 0 Å². The first-order valence-electron chi connectivity index (χ1n) is 4.61. The van der Waals surface area contributed by atoms with Crippen molar-refractivity contribution in [1.29, 1.82) is 0 Å². The van der Waals surface area contributed by atoms with Crippen LogP contribution < -0.4 is 5.73 Å². The molecule has 0 atom stereocenters. The minimum atomic E-state index is 0.369. The predicted molar refractivity (Wildman–Crippen MR) is 59.5 cm³/mol. The van der Waals surface area contributed by atoms with Gasteiger partial charge in [0.25, 0.3) is 0 Å². The van der Waals surface area contributed by atoms with Gasteiger partial charge in [-0.15, -0.1) is 0 Å². The molecular weight excluding hydrogens is 260 g/mol. The monoisotopic (exact) mass is 268 g/mol. The van der Waals surface area contributed by atoms with Crippen LogP contribution in [0.15, 0.2) is 17.0 Å². The van der Waals surface area contributed by atoms with Crippen molar-refractivity contribution in [2.75, 3.05) is 18.9 Å². The van der Waals surface area contributed by atoms with Crippen LogP contribution in [0.4, 0.5) is 5.82 Å². The largest absolute Gasteiger partial charge is 0.383 e. The Morgan fingerprint density at radius 3 is 2.93 bits per heavy atom. The summed E-state index contributed by atoms with van der Waals surface area (Å²) in [6, 6.07) is 0.369. The molecule has 0 spiro atoms. The molecule has 78 valence electrons. The summed E-state index contributed by atoms with van der Waals surface area (Å²) in [5.74, 6) is 0.505. The number of anilines is 1. The Morgan fingerprint density at radius 2 is 2.27 bits per heavy atom. The molecule has 0 unspecified atom stereocenters. The van der Waals surface area contributed by atoms with Crippen LogP contribution in [0, 0.1) is 0 Å². The third-order valence-electron chi connectivity index (χ3n) is 2.61. The molecule has 5 nitrogen and oxygen atoms in total. The first-order valence-corrected chi connectivity index (χ1v) is 5.41. The van der Waals surface area contributed by atoms with Crippen molar-refractivity contribution in [2.24, 2.45) is 0 Å². The van der Waals surface area contributed by atoms with Gasteiger partial charge in [0, 0.05) is 10.7 Å². The molecule has 2 aromatic heterocycles. The van der Waals surface area contributed by atoms with Gasteiger partial charge in [-0.2, -0.15) is 0 Å². The maximum atomic E-state index is 5.80. The van der Waals surface area contributed by atoms with E-state index in [-0.39, 0.29) is 0 Å². The van der Waals surface area contributed by atoms with Crippen molar-refractivity contribution in [3.05, 3.63) is 17.0 Å². The molecule has 2 aromatic rings. The summed E-state index contributed by atoms with van der Waals surface area (Å²) in [6.45, 7) is 1.47. The van der Waals surface area contributed by atoms with Crippen LogP contribution in [0.1, 0.15) is 6.04 Å². The fourth-order valence-electron chi connectivity index (χ4n) is 1.72. The average Bonchev–Trinajstić information content (AvgIpc) is 2.43. The Balaban J connectivity index is 2.27. The zero-order valence-electron chi connectivity index (χ0n) is 7.85. The smallest absolute Gasteiger partial charge is 0.147 e. The number of nitrogen functional groups attached to an aromatic ring is 1. The molecule has 0 radical (unpaired) electrons. The second-order valence-corrected chi connectivity index (χ2v) is 4.39. The number of hydrogen-bond donors (Lipinski definition) is 1.